The van der Waals surface area contributed by atoms with E-state index < -0.39 is 5.91 Å². The highest BCUT2D eigenvalue weighted by atomic mass is 16.1. The number of hydrogen-bond donors (Lipinski definition) is 0. The third kappa shape index (κ3) is 1.85. The predicted octanol–water partition coefficient (Wildman–Crippen LogP) is -0.216. The molecule has 0 fully saturated rings. The van der Waals surface area contributed by atoms with Gasteiger partial charge in [-0.3, -0.25) is 10.5 Å². The molecule has 1 radical (unpaired) electrons. The van der Waals surface area contributed by atoms with E-state index in [1.165, 1.54) is 0 Å². The Labute approximate surface area is 59.1 Å². The summed E-state index contributed by atoms with van der Waals surface area (Å²) in [6.45, 7) is 0.140. The molecule has 0 aromatic carbocycles. The Bertz CT molecular complexity index is 220. The maximum Gasteiger partial charge on any atom is 0.304 e. The molecular weight excluding hydrogens is 128 g/mol. The first-order chi connectivity index (χ1) is 4.79. The Morgan fingerprint density at radius 1 is 1.30 bits per heavy atom. The summed E-state index contributed by atoms with van der Waals surface area (Å²) in [7, 11) is 0. The molecule has 0 bridgehead atoms. The van der Waals surface area contributed by atoms with Gasteiger partial charge in [0.15, 0.2) is 12.4 Å². The van der Waals surface area contributed by atoms with Crippen molar-refractivity contribution in [3.63, 3.8) is 0 Å². The van der Waals surface area contributed by atoms with Crippen LogP contribution in [0.15, 0.2) is 30.6 Å². The lowest BCUT2D eigenvalue weighted by atomic mass is 10.5. The topological polar surface area (TPSA) is 44.8 Å². The first kappa shape index (κ1) is 6.74. The van der Waals surface area contributed by atoms with Crippen LogP contribution in [-0.2, 0) is 11.3 Å². The van der Waals surface area contributed by atoms with Crippen LogP contribution in [0.3, 0.4) is 0 Å². The number of carbonyl (C=O) groups excluding carboxylic acids is 1. The molecule has 0 atom stereocenters. The maximum absolute atomic E-state index is 10.3. The molecule has 0 aliphatic rings. The Morgan fingerprint density at radius 2 is 1.90 bits per heavy atom. The summed E-state index contributed by atoms with van der Waals surface area (Å²) in [5.41, 5.74) is 6.66. The second kappa shape index (κ2) is 2.96. The van der Waals surface area contributed by atoms with Crippen molar-refractivity contribution in [3.05, 3.63) is 30.6 Å². The van der Waals surface area contributed by atoms with Crippen molar-refractivity contribution >= 4 is 5.91 Å². The third-order valence-electron chi connectivity index (χ3n) is 1.10. The van der Waals surface area contributed by atoms with Crippen LogP contribution in [0.4, 0.5) is 0 Å². The molecule has 1 aromatic heterocycles. The van der Waals surface area contributed by atoms with Crippen molar-refractivity contribution in [2.75, 3.05) is 0 Å². The van der Waals surface area contributed by atoms with E-state index in [4.69, 9.17) is 5.73 Å². The minimum atomic E-state index is -0.573. The van der Waals surface area contributed by atoms with Gasteiger partial charge in [0.05, 0.1) is 0 Å². The SMILES string of the molecule is [NH]C(=O)C[n+]1ccccc1. The predicted molar refractivity (Wildman–Crippen MR) is 34.7 cm³/mol. The van der Waals surface area contributed by atoms with Crippen LogP contribution < -0.4 is 10.3 Å². The lowest BCUT2D eigenvalue weighted by Crippen LogP contribution is -2.37. The van der Waals surface area contributed by atoms with Gasteiger partial charge in [-0.15, -0.1) is 0 Å². The zero-order valence-corrected chi connectivity index (χ0v) is 5.45. The lowest BCUT2D eigenvalue weighted by Gasteiger charge is -1.87. The van der Waals surface area contributed by atoms with Crippen LogP contribution in [0.25, 0.3) is 0 Å². The molecule has 3 nitrogen and oxygen atoms in total. The molecule has 51 valence electrons. The largest absolute Gasteiger partial charge is 0.304 e. The molecule has 10 heavy (non-hydrogen) atoms. The molecule has 1 rings (SSSR count). The fraction of sp³-hybridized carbons (Fsp3) is 0.143. The Kier molecular flexibility index (Phi) is 1.99. The van der Waals surface area contributed by atoms with Crippen LogP contribution in [-0.4, -0.2) is 5.91 Å². The smallest absolute Gasteiger partial charge is 0.266 e. The van der Waals surface area contributed by atoms with Gasteiger partial charge in [0.2, 0.25) is 6.54 Å². The average Bonchev–Trinajstić information content (AvgIpc) is 1.88. The normalized spacial score (nSPS) is 9.20. The summed E-state index contributed by atoms with van der Waals surface area (Å²) >= 11 is 0. The second-order valence-electron chi connectivity index (χ2n) is 1.97. The fourth-order valence-corrected chi connectivity index (χ4v) is 0.706. The van der Waals surface area contributed by atoms with E-state index in [-0.39, 0.29) is 6.54 Å². The summed E-state index contributed by atoms with van der Waals surface area (Å²) in [5.74, 6) is -0.573. The van der Waals surface area contributed by atoms with Gasteiger partial charge in [0.1, 0.15) is 0 Å². The molecule has 0 saturated heterocycles. The molecule has 0 aliphatic carbocycles. The molecule has 1 amide bonds. The molecular formula is C7H8N2O+. The van der Waals surface area contributed by atoms with Crippen molar-refractivity contribution in [2.45, 2.75) is 6.54 Å². The number of carbonyl (C=O) groups is 1. The van der Waals surface area contributed by atoms with Crippen molar-refractivity contribution in [2.24, 2.45) is 0 Å². The van der Waals surface area contributed by atoms with Crippen molar-refractivity contribution < 1.29 is 9.36 Å². The van der Waals surface area contributed by atoms with Gasteiger partial charge in [0, 0.05) is 12.1 Å². The number of hydrogen-bond acceptors (Lipinski definition) is 1. The Hall–Kier alpha value is -1.38. The highest BCUT2D eigenvalue weighted by Gasteiger charge is 2.01. The Morgan fingerprint density at radius 3 is 2.40 bits per heavy atom. The number of aromatic nitrogens is 1. The highest BCUT2D eigenvalue weighted by Crippen LogP contribution is 1.75. The molecule has 0 spiro atoms. The number of rotatable bonds is 2. The van der Waals surface area contributed by atoms with Crippen LogP contribution in [0.1, 0.15) is 0 Å². The van der Waals surface area contributed by atoms with E-state index >= 15 is 0 Å². The third-order valence-corrected chi connectivity index (χ3v) is 1.10. The average molecular weight is 136 g/mol. The number of pyridine rings is 1. The van der Waals surface area contributed by atoms with Gasteiger partial charge in [-0.25, -0.2) is 0 Å². The van der Waals surface area contributed by atoms with Gasteiger partial charge in [-0.2, -0.15) is 4.57 Å². The summed E-state index contributed by atoms with van der Waals surface area (Å²) < 4.78 is 1.66. The molecule has 1 aromatic rings. The molecule has 1 N–H and O–H groups in total. The van der Waals surface area contributed by atoms with Crippen LogP contribution >= 0.6 is 0 Å². The van der Waals surface area contributed by atoms with Gasteiger partial charge in [-0.05, 0) is 0 Å². The summed E-state index contributed by atoms with van der Waals surface area (Å²) in [4.78, 5) is 10.3. The van der Waals surface area contributed by atoms with Crippen molar-refractivity contribution in [1.29, 1.82) is 0 Å². The first-order valence-electron chi connectivity index (χ1n) is 2.97. The number of nitrogens with zero attached hydrogens (tertiary/aromatic N) is 1. The molecule has 0 unspecified atom stereocenters. The summed E-state index contributed by atoms with van der Waals surface area (Å²) in [6.07, 6.45) is 3.51. The van der Waals surface area contributed by atoms with E-state index in [0.717, 1.165) is 0 Å². The quantitative estimate of drug-likeness (QED) is 0.518. The lowest BCUT2D eigenvalue weighted by molar-refractivity contribution is -0.684. The number of amides is 1. The van der Waals surface area contributed by atoms with Crippen LogP contribution in [0.2, 0.25) is 0 Å². The van der Waals surface area contributed by atoms with Gasteiger partial charge >= 0.3 is 5.91 Å². The highest BCUT2D eigenvalue weighted by molar-refractivity contribution is 5.71. The summed E-state index contributed by atoms with van der Waals surface area (Å²) in [6, 6.07) is 5.51. The first-order valence-corrected chi connectivity index (χ1v) is 2.97. The molecule has 3 heteroatoms. The van der Waals surface area contributed by atoms with Crippen LogP contribution in [0, 0.1) is 0 Å². The second-order valence-corrected chi connectivity index (χ2v) is 1.97. The van der Waals surface area contributed by atoms with Gasteiger partial charge < -0.3 is 0 Å². The van der Waals surface area contributed by atoms with E-state index in [0.29, 0.717) is 0 Å². The fourth-order valence-electron chi connectivity index (χ4n) is 0.706. The van der Waals surface area contributed by atoms with Crippen molar-refractivity contribution in [3.8, 4) is 0 Å². The van der Waals surface area contributed by atoms with Gasteiger partial charge in [0.25, 0.3) is 0 Å². The number of nitrogens with one attached hydrogen (secondary N) is 1. The minimum absolute atomic E-state index is 0.140. The van der Waals surface area contributed by atoms with Crippen molar-refractivity contribution in [1.82, 2.24) is 5.73 Å². The zero-order valence-electron chi connectivity index (χ0n) is 5.45. The van der Waals surface area contributed by atoms with E-state index in [1.54, 1.807) is 17.0 Å². The Balaban J connectivity index is 2.67. The van der Waals surface area contributed by atoms with E-state index in [1.807, 2.05) is 18.2 Å². The van der Waals surface area contributed by atoms with Gasteiger partial charge in [-0.1, -0.05) is 6.07 Å². The standard InChI is InChI=1S/C7H8N2O/c8-7(10)6-9-4-2-1-3-5-9/h1-5,8H,6H2/q+1. The summed E-state index contributed by atoms with van der Waals surface area (Å²) in [5, 5.41) is 0. The van der Waals surface area contributed by atoms with E-state index in [2.05, 4.69) is 0 Å². The molecule has 0 aliphatic heterocycles. The zero-order chi connectivity index (χ0) is 7.40. The monoisotopic (exact) mass is 136 g/mol. The molecule has 1 heterocycles. The minimum Gasteiger partial charge on any atom is -0.266 e. The van der Waals surface area contributed by atoms with Crippen LogP contribution in [0.5, 0.6) is 0 Å². The molecule has 0 saturated carbocycles. The van der Waals surface area contributed by atoms with E-state index in [9.17, 15) is 4.79 Å². The maximum atomic E-state index is 10.3.